The molecule has 0 aliphatic rings. The molecule has 0 saturated heterocycles. The molecule has 1 heterocycles. The molecule has 1 aromatic heterocycles. The van der Waals surface area contributed by atoms with E-state index in [0.717, 1.165) is 26.7 Å². The number of nitrogens with zero attached hydrogens (tertiary/aromatic N) is 3. The maximum absolute atomic E-state index is 4.53. The second kappa shape index (κ2) is 7.01. The van der Waals surface area contributed by atoms with Crippen LogP contribution >= 0.6 is 11.3 Å². The van der Waals surface area contributed by atoms with Gasteiger partial charge < -0.3 is 15.8 Å². The van der Waals surface area contributed by atoms with Gasteiger partial charge in [-0.2, -0.15) is 0 Å². The summed E-state index contributed by atoms with van der Waals surface area (Å²) in [5.41, 5.74) is 9.58. The summed E-state index contributed by atoms with van der Waals surface area (Å²) in [6, 6.07) is 20.6. The topological polar surface area (TPSA) is 52.6 Å². The van der Waals surface area contributed by atoms with E-state index >= 15 is 0 Å². The van der Waals surface area contributed by atoms with Gasteiger partial charge in [0, 0.05) is 19.5 Å². The highest BCUT2D eigenvalue weighted by molar-refractivity contribution is 7.22. The first-order valence-corrected chi connectivity index (χ1v) is 9.12. The van der Waals surface area contributed by atoms with Gasteiger partial charge in [0.05, 0.1) is 27.9 Å². The summed E-state index contributed by atoms with van der Waals surface area (Å²) in [5.74, 6) is 0. The van der Waals surface area contributed by atoms with E-state index < -0.39 is 0 Å². The average molecular weight is 361 g/mol. The Morgan fingerprint density at radius 1 is 1.00 bits per heavy atom. The second-order valence-corrected chi connectivity index (χ2v) is 7.17. The highest BCUT2D eigenvalue weighted by Gasteiger charge is 2.04. The van der Waals surface area contributed by atoms with Crippen LogP contribution < -0.4 is 10.9 Å². The highest BCUT2D eigenvalue weighted by Crippen LogP contribution is 2.30. The number of rotatable bonds is 5. The van der Waals surface area contributed by atoms with Gasteiger partial charge in [0.1, 0.15) is 0 Å². The lowest BCUT2D eigenvalue weighted by molar-refractivity contribution is 0.643. The minimum absolute atomic E-state index is 0.757. The summed E-state index contributed by atoms with van der Waals surface area (Å²) < 4.78 is 1.10. The fourth-order valence-electron chi connectivity index (χ4n) is 2.68. The summed E-state index contributed by atoms with van der Waals surface area (Å²) in [5, 5.41) is 3.15. The Morgan fingerprint density at radius 2 is 1.85 bits per heavy atom. The first-order valence-electron chi connectivity index (χ1n) is 8.30. The second-order valence-electron chi connectivity index (χ2n) is 6.16. The van der Waals surface area contributed by atoms with Gasteiger partial charge >= 0.3 is 0 Å². The first-order chi connectivity index (χ1) is 12.7. The Kier molecular flexibility index (Phi) is 4.41. The van der Waals surface area contributed by atoms with Crippen molar-refractivity contribution in [2.24, 2.45) is 4.99 Å². The van der Waals surface area contributed by atoms with Crippen molar-refractivity contribution in [3.05, 3.63) is 60.7 Å². The van der Waals surface area contributed by atoms with Gasteiger partial charge in [-0.05, 0) is 29.7 Å². The normalized spacial score (nSPS) is 11.3. The van der Waals surface area contributed by atoms with Gasteiger partial charge in [-0.15, -0.1) is 0 Å². The van der Waals surface area contributed by atoms with Crippen LogP contribution in [0.5, 0.6) is 0 Å². The van der Waals surface area contributed by atoms with Crippen LogP contribution in [0.2, 0.25) is 0 Å². The standard InChI is InChI=1S/C20H19N5S/c1-25(2)13-21-20-22-18-11-10-15(12-19(18)26-20)23-24-17-9-5-7-14-6-3-4-8-16(14)17/h3-13,23-24H,1-2H3/b21-13+. The number of benzene rings is 3. The number of hydrogen-bond donors (Lipinski definition) is 2. The number of thiazole rings is 1. The van der Waals surface area contributed by atoms with Crippen molar-refractivity contribution in [1.82, 2.24) is 9.88 Å². The molecule has 0 unspecified atom stereocenters. The van der Waals surface area contributed by atoms with Crippen LogP contribution in [0.4, 0.5) is 16.5 Å². The van der Waals surface area contributed by atoms with Gasteiger partial charge in [-0.25, -0.2) is 9.98 Å². The lowest BCUT2D eigenvalue weighted by Gasteiger charge is -2.12. The van der Waals surface area contributed by atoms with Gasteiger partial charge in [-0.3, -0.25) is 0 Å². The van der Waals surface area contributed by atoms with Gasteiger partial charge in [0.15, 0.2) is 0 Å². The molecule has 0 fully saturated rings. The molecule has 4 aromatic rings. The van der Waals surface area contributed by atoms with E-state index in [2.05, 4.69) is 51.2 Å². The Morgan fingerprint density at radius 3 is 2.73 bits per heavy atom. The number of aliphatic imine (C=N–C) groups is 1. The van der Waals surface area contributed by atoms with Crippen molar-refractivity contribution >= 4 is 55.2 Å². The smallest absolute Gasteiger partial charge is 0.211 e. The monoisotopic (exact) mass is 361 g/mol. The van der Waals surface area contributed by atoms with Crippen molar-refractivity contribution in [2.45, 2.75) is 0 Å². The van der Waals surface area contributed by atoms with E-state index in [1.54, 1.807) is 17.7 Å². The van der Waals surface area contributed by atoms with E-state index in [9.17, 15) is 0 Å². The summed E-state index contributed by atoms with van der Waals surface area (Å²) in [6.07, 6.45) is 1.76. The average Bonchev–Trinajstić information content (AvgIpc) is 3.07. The molecule has 0 spiro atoms. The summed E-state index contributed by atoms with van der Waals surface area (Å²) in [6.45, 7) is 0. The summed E-state index contributed by atoms with van der Waals surface area (Å²) in [4.78, 5) is 10.8. The predicted octanol–water partition coefficient (Wildman–Crippen LogP) is 5.11. The van der Waals surface area contributed by atoms with Crippen LogP contribution in [-0.4, -0.2) is 30.3 Å². The Hall–Kier alpha value is -3.12. The maximum Gasteiger partial charge on any atom is 0.211 e. The number of nitrogens with one attached hydrogen (secondary N) is 2. The molecular weight excluding hydrogens is 342 g/mol. The molecule has 0 aliphatic heterocycles. The molecule has 3 aromatic carbocycles. The quantitative estimate of drug-likeness (QED) is 0.295. The van der Waals surface area contributed by atoms with Crippen LogP contribution in [0.25, 0.3) is 21.0 Å². The Balaban J connectivity index is 1.55. The minimum atomic E-state index is 0.757. The van der Waals surface area contributed by atoms with Crippen LogP contribution in [0.15, 0.2) is 65.7 Å². The van der Waals surface area contributed by atoms with Crippen molar-refractivity contribution in [1.29, 1.82) is 0 Å². The number of hydrogen-bond acceptors (Lipinski definition) is 5. The molecule has 0 radical (unpaired) electrons. The van der Waals surface area contributed by atoms with Crippen molar-refractivity contribution < 1.29 is 0 Å². The van der Waals surface area contributed by atoms with Crippen molar-refractivity contribution in [3.63, 3.8) is 0 Å². The molecule has 0 aliphatic carbocycles. The molecule has 6 heteroatoms. The molecule has 0 bridgehead atoms. The lowest BCUT2D eigenvalue weighted by atomic mass is 10.1. The lowest BCUT2D eigenvalue weighted by Crippen LogP contribution is -2.08. The molecule has 4 rings (SSSR count). The Labute approximate surface area is 156 Å². The third-order valence-corrected chi connectivity index (χ3v) is 4.83. The molecule has 130 valence electrons. The molecule has 0 atom stereocenters. The number of hydrazine groups is 1. The number of anilines is 2. The molecule has 5 nitrogen and oxygen atoms in total. The zero-order chi connectivity index (χ0) is 17.9. The maximum atomic E-state index is 4.53. The zero-order valence-electron chi connectivity index (χ0n) is 14.6. The minimum Gasteiger partial charge on any atom is -0.369 e. The predicted molar refractivity (Wildman–Crippen MR) is 113 cm³/mol. The van der Waals surface area contributed by atoms with E-state index in [1.165, 1.54) is 10.8 Å². The van der Waals surface area contributed by atoms with E-state index in [1.807, 2.05) is 49.3 Å². The zero-order valence-corrected chi connectivity index (χ0v) is 15.4. The molecule has 0 saturated carbocycles. The number of fused-ring (bicyclic) bond motifs is 2. The van der Waals surface area contributed by atoms with E-state index in [-0.39, 0.29) is 0 Å². The van der Waals surface area contributed by atoms with Crippen molar-refractivity contribution in [3.8, 4) is 0 Å². The SMILES string of the molecule is CN(C)/C=N/c1nc2ccc(NNc3cccc4ccccc34)cc2s1. The Bertz CT molecular complexity index is 1080. The fourth-order valence-corrected chi connectivity index (χ4v) is 3.53. The van der Waals surface area contributed by atoms with Crippen molar-refractivity contribution in [2.75, 3.05) is 24.9 Å². The molecule has 0 amide bonds. The molecule has 2 N–H and O–H groups in total. The summed E-state index contributed by atoms with van der Waals surface area (Å²) in [7, 11) is 3.88. The highest BCUT2D eigenvalue weighted by atomic mass is 32.1. The van der Waals surface area contributed by atoms with E-state index in [0.29, 0.717) is 0 Å². The largest absolute Gasteiger partial charge is 0.369 e. The van der Waals surface area contributed by atoms with Crippen LogP contribution in [0.3, 0.4) is 0 Å². The fraction of sp³-hybridized carbons (Fsp3) is 0.100. The van der Waals surface area contributed by atoms with Crippen LogP contribution in [0.1, 0.15) is 0 Å². The van der Waals surface area contributed by atoms with Crippen LogP contribution in [-0.2, 0) is 0 Å². The number of aromatic nitrogens is 1. The third kappa shape index (κ3) is 3.45. The molecular formula is C20H19N5S. The first kappa shape index (κ1) is 16.4. The van der Waals surface area contributed by atoms with Gasteiger partial charge in [0.2, 0.25) is 5.13 Å². The third-order valence-electron chi connectivity index (χ3n) is 3.91. The van der Waals surface area contributed by atoms with Gasteiger partial charge in [0.25, 0.3) is 0 Å². The summed E-state index contributed by atoms with van der Waals surface area (Å²) >= 11 is 1.57. The van der Waals surface area contributed by atoms with Crippen LogP contribution in [0, 0.1) is 0 Å². The van der Waals surface area contributed by atoms with E-state index in [4.69, 9.17) is 0 Å². The molecule has 26 heavy (non-hydrogen) atoms. The van der Waals surface area contributed by atoms with Gasteiger partial charge in [-0.1, -0.05) is 47.7 Å².